The molecule has 6 nitrogen and oxygen atoms in total. The molecule has 0 fully saturated rings. The quantitative estimate of drug-likeness (QED) is 0.417. The number of nitro groups is 1. The normalized spacial score (nSPS) is 6.62. The molecule has 0 saturated carbocycles. The largest absolute Gasteiger partial charge is 0.274 e. The Hall–Kier alpha value is -0.950. The molecule has 1 rings (SSSR count). The lowest BCUT2D eigenvalue weighted by atomic mass is 10.4. The second-order valence-corrected chi connectivity index (χ2v) is 1.46. The van der Waals surface area contributed by atoms with Crippen molar-refractivity contribution in [1.82, 2.24) is 4.98 Å². The van der Waals surface area contributed by atoms with Crippen LogP contribution in [0.1, 0.15) is 0 Å². The van der Waals surface area contributed by atoms with Crippen LogP contribution in [-0.2, 0) is 0 Å². The number of pyridine rings is 1. The third kappa shape index (κ3) is 7.41. The smallest absolute Gasteiger partial charge is 0.272 e. The van der Waals surface area contributed by atoms with Gasteiger partial charge >= 0.3 is 0 Å². The van der Waals surface area contributed by atoms with Crippen molar-refractivity contribution in [2.24, 2.45) is 11.7 Å². The molecule has 76 valence electrons. The summed E-state index contributed by atoms with van der Waals surface area (Å²) in [5.41, 5.74) is 0.0741. The van der Waals surface area contributed by atoms with Gasteiger partial charge in [0.2, 0.25) is 0 Å². The Morgan fingerprint density at radius 1 is 1.23 bits per heavy atom. The van der Waals surface area contributed by atoms with Gasteiger partial charge in [0.1, 0.15) is 0 Å². The van der Waals surface area contributed by atoms with Crippen LogP contribution in [0.25, 0.3) is 0 Å². The van der Waals surface area contributed by atoms with Gasteiger partial charge in [0.15, 0.2) is 0 Å². The van der Waals surface area contributed by atoms with Crippen LogP contribution >= 0.6 is 24.8 Å². The van der Waals surface area contributed by atoms with E-state index in [0.717, 1.165) is 0 Å². The molecule has 0 unspecified atom stereocenters. The summed E-state index contributed by atoms with van der Waals surface area (Å²) >= 11 is 0. The van der Waals surface area contributed by atoms with Crippen molar-refractivity contribution in [3.63, 3.8) is 0 Å². The number of nitrogens with zero attached hydrogens (tertiary/aromatic N) is 2. The summed E-state index contributed by atoms with van der Waals surface area (Å²) in [4.78, 5) is 13.1. The van der Waals surface area contributed by atoms with E-state index in [4.69, 9.17) is 0 Å². The highest BCUT2D eigenvalue weighted by atomic mass is 35.5. The molecule has 0 spiro atoms. The average Bonchev–Trinajstić information content (AvgIpc) is 2.10. The number of rotatable bonds is 1. The van der Waals surface area contributed by atoms with Crippen molar-refractivity contribution in [2.75, 3.05) is 0 Å². The highest BCUT2D eigenvalue weighted by Gasteiger charge is 1.99. The number of aromatic nitrogens is 1. The maximum atomic E-state index is 9.98. The lowest BCUT2D eigenvalue weighted by Gasteiger charge is -1.84. The van der Waals surface area contributed by atoms with Gasteiger partial charge in [-0.2, -0.15) is 0 Å². The van der Waals surface area contributed by atoms with Gasteiger partial charge < -0.3 is 0 Å². The van der Waals surface area contributed by atoms with Crippen molar-refractivity contribution in [1.29, 1.82) is 0 Å². The summed E-state index contributed by atoms with van der Waals surface area (Å²) in [5.74, 6) is 8.00. The molecule has 13 heavy (non-hydrogen) atoms. The lowest BCUT2D eigenvalue weighted by Crippen LogP contribution is -2.02. The fourth-order valence-electron chi connectivity index (χ4n) is 0.466. The van der Waals surface area contributed by atoms with Gasteiger partial charge in [0.25, 0.3) is 5.69 Å². The summed E-state index contributed by atoms with van der Waals surface area (Å²) in [7, 11) is 0. The molecule has 8 heteroatoms. The van der Waals surface area contributed by atoms with E-state index in [1.54, 1.807) is 0 Å². The van der Waals surface area contributed by atoms with E-state index in [1.807, 2.05) is 0 Å². The molecule has 0 saturated heterocycles. The molecular weight excluding hydrogens is 219 g/mol. The molecule has 0 bridgehead atoms. The monoisotopic (exact) mass is 228 g/mol. The molecule has 0 aliphatic heterocycles. The molecule has 0 atom stereocenters. The lowest BCUT2D eigenvalue weighted by molar-refractivity contribution is -0.384. The topological polar surface area (TPSA) is 108 Å². The van der Waals surface area contributed by atoms with E-state index in [-0.39, 0.29) is 30.5 Å². The maximum Gasteiger partial charge on any atom is 0.272 e. The first-order valence-electron chi connectivity index (χ1n) is 2.68. The molecule has 0 aromatic carbocycles. The van der Waals surface area contributed by atoms with E-state index in [2.05, 4.69) is 16.7 Å². The third-order valence-corrected chi connectivity index (χ3v) is 0.874. The highest BCUT2D eigenvalue weighted by Crippen LogP contribution is 2.05. The number of hydrogen-bond donors (Lipinski definition) is 2. The van der Waals surface area contributed by atoms with E-state index in [0.29, 0.717) is 0 Å². The molecule has 1 heterocycles. The van der Waals surface area contributed by atoms with Crippen LogP contribution in [0.5, 0.6) is 0 Å². The van der Waals surface area contributed by atoms with Gasteiger partial charge in [0, 0.05) is 24.5 Å². The Kier molecular flexibility index (Phi) is 15.3. The van der Waals surface area contributed by atoms with E-state index >= 15 is 0 Å². The minimum absolute atomic E-state index is 0. The first-order chi connectivity index (χ1) is 5.30. The summed E-state index contributed by atoms with van der Waals surface area (Å²) in [5, 5.41) is 9.98. The third-order valence-electron chi connectivity index (χ3n) is 0.874. The number of hydrazine groups is 1. The molecular formula is C5H10Cl2N4O2. The summed E-state index contributed by atoms with van der Waals surface area (Å²) in [6.07, 6.45) is 2.77. The van der Waals surface area contributed by atoms with Crippen molar-refractivity contribution >= 4 is 30.5 Å². The SMILES string of the molecule is Cl.Cl.NN.O=[N+]([O-])c1ccncc1. The molecule has 4 N–H and O–H groups in total. The standard InChI is InChI=1S/C5H4N2O2.2ClH.H4N2/c8-7(9)5-1-3-6-4-2-5;;;1-2/h1-4H;2*1H;1-2H2. The summed E-state index contributed by atoms with van der Waals surface area (Å²) in [6, 6.07) is 2.69. The zero-order valence-corrected chi connectivity index (χ0v) is 8.12. The second kappa shape index (κ2) is 11.1. The molecule has 0 amide bonds. The van der Waals surface area contributed by atoms with Crippen molar-refractivity contribution in [3.8, 4) is 0 Å². The van der Waals surface area contributed by atoms with Crippen LogP contribution in [-0.4, -0.2) is 9.91 Å². The molecule has 1 aromatic heterocycles. The maximum absolute atomic E-state index is 9.98. The van der Waals surface area contributed by atoms with Crippen LogP contribution in [0.3, 0.4) is 0 Å². The van der Waals surface area contributed by atoms with Crippen molar-refractivity contribution in [3.05, 3.63) is 34.6 Å². The van der Waals surface area contributed by atoms with E-state index < -0.39 is 4.92 Å². The van der Waals surface area contributed by atoms with Crippen LogP contribution in [0, 0.1) is 10.1 Å². The molecule has 0 radical (unpaired) electrons. The summed E-state index contributed by atoms with van der Waals surface area (Å²) < 4.78 is 0. The first kappa shape index (κ1) is 18.0. The van der Waals surface area contributed by atoms with E-state index in [9.17, 15) is 10.1 Å². The van der Waals surface area contributed by atoms with Crippen LogP contribution < -0.4 is 11.7 Å². The number of halogens is 2. The van der Waals surface area contributed by atoms with Gasteiger partial charge in [-0.05, 0) is 0 Å². The fraction of sp³-hybridized carbons (Fsp3) is 0. The van der Waals surface area contributed by atoms with Crippen LogP contribution in [0.15, 0.2) is 24.5 Å². The van der Waals surface area contributed by atoms with Crippen molar-refractivity contribution in [2.45, 2.75) is 0 Å². The van der Waals surface area contributed by atoms with Gasteiger partial charge in [-0.15, -0.1) is 24.8 Å². The Labute approximate surface area is 87.3 Å². The zero-order chi connectivity index (χ0) is 8.69. The number of nitrogens with two attached hydrogens (primary N) is 2. The van der Waals surface area contributed by atoms with Crippen LogP contribution in [0.2, 0.25) is 0 Å². The van der Waals surface area contributed by atoms with E-state index in [1.165, 1.54) is 24.5 Å². The highest BCUT2D eigenvalue weighted by molar-refractivity contribution is 5.85. The Bertz CT molecular complexity index is 221. The minimum atomic E-state index is -0.457. The van der Waals surface area contributed by atoms with Gasteiger partial charge in [0.05, 0.1) is 4.92 Å². The predicted octanol–water partition coefficient (Wildman–Crippen LogP) is 0.652. The first-order valence-corrected chi connectivity index (χ1v) is 2.68. The molecule has 1 aromatic rings. The Morgan fingerprint density at radius 2 is 1.62 bits per heavy atom. The average molecular weight is 229 g/mol. The Morgan fingerprint density at radius 3 is 1.85 bits per heavy atom. The van der Waals surface area contributed by atoms with Gasteiger partial charge in [-0.25, -0.2) is 0 Å². The Balaban J connectivity index is -0.000000234. The van der Waals surface area contributed by atoms with Gasteiger partial charge in [-0.3, -0.25) is 26.8 Å². The zero-order valence-electron chi connectivity index (χ0n) is 6.49. The second-order valence-electron chi connectivity index (χ2n) is 1.46. The fourth-order valence-corrected chi connectivity index (χ4v) is 0.466. The molecule has 0 aliphatic carbocycles. The predicted molar refractivity (Wildman–Crippen MR) is 53.8 cm³/mol. The number of hydrogen-bond acceptors (Lipinski definition) is 5. The van der Waals surface area contributed by atoms with Gasteiger partial charge in [-0.1, -0.05) is 0 Å². The van der Waals surface area contributed by atoms with Crippen molar-refractivity contribution < 1.29 is 4.92 Å². The molecule has 0 aliphatic rings. The summed E-state index contributed by atoms with van der Waals surface area (Å²) in [6.45, 7) is 0. The van der Waals surface area contributed by atoms with Crippen LogP contribution in [0.4, 0.5) is 5.69 Å². The minimum Gasteiger partial charge on any atom is -0.274 e.